The van der Waals surface area contributed by atoms with Crippen LogP contribution in [0.3, 0.4) is 0 Å². The fraction of sp³-hybridized carbons (Fsp3) is 1.00. The van der Waals surface area contributed by atoms with Gasteiger partial charge in [0.25, 0.3) is 0 Å². The Kier molecular flexibility index (Phi) is 4.24. The summed E-state index contributed by atoms with van der Waals surface area (Å²) in [5.74, 6) is 0.518. The second-order valence-electron chi connectivity index (χ2n) is 1.11. The Bertz CT molecular complexity index is 102. The lowest BCUT2D eigenvalue weighted by molar-refractivity contribution is 0.502. The summed E-state index contributed by atoms with van der Waals surface area (Å²) in [5.41, 5.74) is 2.05. The first-order chi connectivity index (χ1) is 3.56. The molecular weight excluding hydrogens is 165 g/mol. The maximum Gasteiger partial charge on any atom is 0.242 e. The van der Waals surface area contributed by atoms with Gasteiger partial charge < -0.3 is 15.5 Å². The predicted octanol–water partition coefficient (Wildman–Crippen LogP) is -0.113. The second-order valence-corrected chi connectivity index (χ2v) is 7.28. The summed E-state index contributed by atoms with van der Waals surface area (Å²) in [7, 11) is 0. The van der Waals surface area contributed by atoms with Crippen molar-refractivity contribution in [3.63, 3.8) is 0 Å². The van der Waals surface area contributed by atoms with Crippen LogP contribution in [0.5, 0.6) is 0 Å². The fourth-order valence-corrected chi connectivity index (χ4v) is 2.22. The Morgan fingerprint density at radius 1 is 1.62 bits per heavy atom. The first kappa shape index (κ1) is 8.88. The monoisotopic (exact) mass is 173 g/mol. The topological polar surface area (TPSA) is 66.5 Å². The minimum Gasteiger partial charge on any atom is -0.338 e. The molecule has 0 bridgehead atoms. The zero-order chi connectivity index (χ0) is 6.62. The third-order valence-electron chi connectivity index (χ3n) is 0.377. The van der Waals surface area contributed by atoms with Crippen molar-refractivity contribution >= 4 is 28.9 Å². The van der Waals surface area contributed by atoms with Gasteiger partial charge in [-0.3, -0.25) is 0 Å². The molecule has 8 heavy (non-hydrogen) atoms. The summed E-state index contributed by atoms with van der Waals surface area (Å²) in [6, 6.07) is 0. The molecule has 0 aliphatic carbocycles. The normalized spacial score (nSPS) is 11.9. The quantitative estimate of drug-likeness (QED) is 0.519. The SMILES string of the molecule is NCCSP(O)(O)=S. The van der Waals surface area contributed by atoms with E-state index in [0.29, 0.717) is 12.3 Å². The van der Waals surface area contributed by atoms with Crippen LogP contribution in [0.2, 0.25) is 0 Å². The molecule has 50 valence electrons. The third kappa shape index (κ3) is 6.88. The number of nitrogens with two attached hydrogens (primary N) is 1. The zero-order valence-corrected chi connectivity index (χ0v) is 6.68. The zero-order valence-electron chi connectivity index (χ0n) is 4.15. The molecule has 0 rings (SSSR count). The molecule has 3 nitrogen and oxygen atoms in total. The first-order valence-corrected chi connectivity index (χ1v) is 6.26. The molecule has 0 spiro atoms. The Morgan fingerprint density at radius 3 is 2.25 bits per heavy atom. The van der Waals surface area contributed by atoms with E-state index in [1.165, 1.54) is 0 Å². The van der Waals surface area contributed by atoms with E-state index in [4.69, 9.17) is 15.5 Å². The van der Waals surface area contributed by atoms with Crippen LogP contribution < -0.4 is 5.73 Å². The molecule has 0 saturated heterocycles. The number of hydrogen-bond acceptors (Lipinski definition) is 3. The van der Waals surface area contributed by atoms with Gasteiger partial charge in [0, 0.05) is 12.3 Å². The minimum atomic E-state index is -3.01. The summed E-state index contributed by atoms with van der Waals surface area (Å²) in [6.07, 6.45) is 0. The second kappa shape index (κ2) is 3.82. The molecule has 4 N–H and O–H groups in total. The van der Waals surface area contributed by atoms with Gasteiger partial charge in [-0.25, -0.2) is 0 Å². The summed E-state index contributed by atoms with van der Waals surface area (Å²) in [5, 5.41) is 0. The molecule has 0 atom stereocenters. The van der Waals surface area contributed by atoms with Gasteiger partial charge in [0.1, 0.15) is 0 Å². The molecule has 0 unspecified atom stereocenters. The van der Waals surface area contributed by atoms with E-state index in [9.17, 15) is 0 Å². The van der Waals surface area contributed by atoms with Crippen LogP contribution in [-0.4, -0.2) is 22.1 Å². The molecule has 0 aromatic heterocycles. The lowest BCUT2D eigenvalue weighted by Gasteiger charge is -2.02. The molecule has 0 heterocycles. The highest BCUT2D eigenvalue weighted by atomic mass is 32.9. The van der Waals surface area contributed by atoms with Crippen molar-refractivity contribution in [3.05, 3.63) is 0 Å². The fourth-order valence-electron chi connectivity index (χ4n) is 0.172. The van der Waals surface area contributed by atoms with Crippen molar-refractivity contribution in [1.29, 1.82) is 0 Å². The van der Waals surface area contributed by atoms with Gasteiger partial charge in [-0.05, 0) is 11.8 Å². The molecular formula is C2H8NO2PS2. The molecule has 0 aliphatic heterocycles. The lowest BCUT2D eigenvalue weighted by atomic mass is 10.8. The maximum absolute atomic E-state index is 8.54. The van der Waals surface area contributed by atoms with Crippen molar-refractivity contribution in [1.82, 2.24) is 0 Å². The largest absolute Gasteiger partial charge is 0.338 e. The van der Waals surface area contributed by atoms with E-state index in [1.807, 2.05) is 0 Å². The van der Waals surface area contributed by atoms with Crippen LogP contribution in [0.15, 0.2) is 0 Å². The molecule has 0 aliphatic rings. The highest BCUT2D eigenvalue weighted by Gasteiger charge is 2.04. The van der Waals surface area contributed by atoms with E-state index in [2.05, 4.69) is 11.8 Å². The summed E-state index contributed by atoms with van der Waals surface area (Å²) < 4.78 is 0. The summed E-state index contributed by atoms with van der Waals surface area (Å²) >= 11 is 5.23. The molecule has 0 amide bonds. The first-order valence-electron chi connectivity index (χ1n) is 1.96. The van der Waals surface area contributed by atoms with E-state index in [-0.39, 0.29) is 0 Å². The lowest BCUT2D eigenvalue weighted by Crippen LogP contribution is -2.00. The van der Waals surface area contributed by atoms with E-state index in [0.717, 1.165) is 11.4 Å². The van der Waals surface area contributed by atoms with Crippen molar-refractivity contribution < 1.29 is 9.79 Å². The van der Waals surface area contributed by atoms with Crippen LogP contribution in [0.25, 0.3) is 0 Å². The van der Waals surface area contributed by atoms with E-state index >= 15 is 0 Å². The average Bonchev–Trinajstić information content (AvgIpc) is 1.59. The van der Waals surface area contributed by atoms with Gasteiger partial charge in [-0.1, -0.05) is 11.4 Å². The average molecular weight is 173 g/mol. The molecule has 0 radical (unpaired) electrons. The van der Waals surface area contributed by atoms with Crippen LogP contribution in [-0.2, 0) is 11.8 Å². The number of rotatable bonds is 3. The standard InChI is InChI=1S/C2H8NO2PS2/c3-1-2-8-6(4,5)7/h1-3H2,(H2,4,5,7). The van der Waals surface area contributed by atoms with Crippen LogP contribution in [0.1, 0.15) is 0 Å². The van der Waals surface area contributed by atoms with Crippen LogP contribution >= 0.6 is 17.1 Å². The van der Waals surface area contributed by atoms with Gasteiger partial charge in [0.05, 0.1) is 0 Å². The highest BCUT2D eigenvalue weighted by molar-refractivity contribution is 8.67. The summed E-state index contributed by atoms with van der Waals surface area (Å²) in [4.78, 5) is 17.1. The van der Waals surface area contributed by atoms with Crippen molar-refractivity contribution in [2.75, 3.05) is 12.3 Å². The Hall–Kier alpha value is 0.880. The van der Waals surface area contributed by atoms with Gasteiger partial charge in [-0.2, -0.15) is 0 Å². The van der Waals surface area contributed by atoms with Crippen LogP contribution in [0.4, 0.5) is 0 Å². The van der Waals surface area contributed by atoms with Gasteiger partial charge in [-0.15, -0.1) is 0 Å². The van der Waals surface area contributed by atoms with Crippen molar-refractivity contribution in [2.24, 2.45) is 5.73 Å². The Morgan fingerprint density at radius 2 is 2.12 bits per heavy atom. The highest BCUT2D eigenvalue weighted by Crippen LogP contribution is 2.49. The molecule has 0 aromatic carbocycles. The molecule has 0 aromatic rings. The molecule has 0 saturated carbocycles. The predicted molar refractivity (Wildman–Crippen MR) is 40.2 cm³/mol. The third-order valence-corrected chi connectivity index (χ3v) is 3.64. The van der Waals surface area contributed by atoms with E-state index in [1.54, 1.807) is 0 Å². The summed E-state index contributed by atoms with van der Waals surface area (Å²) in [6.45, 7) is 0.435. The van der Waals surface area contributed by atoms with Crippen LogP contribution in [0, 0.1) is 0 Å². The van der Waals surface area contributed by atoms with Crippen molar-refractivity contribution in [3.8, 4) is 0 Å². The molecule has 6 heteroatoms. The molecule has 0 fully saturated rings. The van der Waals surface area contributed by atoms with Gasteiger partial charge in [0.2, 0.25) is 5.69 Å². The van der Waals surface area contributed by atoms with E-state index < -0.39 is 5.69 Å². The minimum absolute atomic E-state index is 0.435. The number of hydrogen-bond donors (Lipinski definition) is 3. The Labute approximate surface area is 57.2 Å². The Balaban J connectivity index is 3.26. The van der Waals surface area contributed by atoms with Gasteiger partial charge in [0.15, 0.2) is 0 Å². The van der Waals surface area contributed by atoms with Gasteiger partial charge >= 0.3 is 0 Å². The smallest absolute Gasteiger partial charge is 0.242 e. The maximum atomic E-state index is 8.54. The van der Waals surface area contributed by atoms with Crippen molar-refractivity contribution in [2.45, 2.75) is 0 Å².